The number of H-pyrrole nitrogens is 1. The number of aromatic amines is 1. The number of rotatable bonds is 4. The Morgan fingerprint density at radius 1 is 1.11 bits per heavy atom. The van der Waals surface area contributed by atoms with Crippen molar-refractivity contribution < 1.29 is 24.0 Å². The summed E-state index contributed by atoms with van der Waals surface area (Å²) in [6.45, 7) is 2.13. The first kappa shape index (κ1) is 18.7. The largest absolute Gasteiger partial charge is 0.422 e. The van der Waals surface area contributed by atoms with Gasteiger partial charge in [-0.2, -0.15) is 0 Å². The first-order valence-electron chi connectivity index (χ1n) is 7.95. The number of ether oxygens (including phenoxy) is 2. The highest BCUT2D eigenvalue weighted by molar-refractivity contribution is 5.81. The summed E-state index contributed by atoms with van der Waals surface area (Å²) in [4.78, 5) is 52.7. The molecule has 0 saturated carbocycles. The molecule has 28 heavy (non-hydrogen) atoms. The number of carbonyl (C=O) groups excluding carboxylic acids is 2. The Hall–Kier alpha value is -4.08. The van der Waals surface area contributed by atoms with Crippen molar-refractivity contribution >= 4 is 28.7 Å². The fraction of sp³-hybridized carbons (Fsp3) is 0.111. The molecular weight excluding hydrogens is 370 g/mol. The normalized spacial score (nSPS) is 10.5. The summed E-state index contributed by atoms with van der Waals surface area (Å²) in [7, 11) is 0. The van der Waals surface area contributed by atoms with Crippen molar-refractivity contribution in [3.63, 3.8) is 0 Å². The van der Waals surface area contributed by atoms with Crippen LogP contribution < -0.4 is 15.0 Å². The fourth-order valence-corrected chi connectivity index (χ4v) is 2.56. The Kier molecular flexibility index (Phi) is 4.86. The number of benzene rings is 2. The predicted molar refractivity (Wildman–Crippen MR) is 97.1 cm³/mol. The molecule has 2 aromatic carbocycles. The molecule has 3 aromatic rings. The van der Waals surface area contributed by atoms with Gasteiger partial charge in [-0.1, -0.05) is 12.1 Å². The lowest BCUT2D eigenvalue weighted by Crippen LogP contribution is -2.13. The number of nitrogens with zero attached hydrogens (tertiary/aromatic N) is 2. The predicted octanol–water partition coefficient (Wildman–Crippen LogP) is 2.35. The highest BCUT2D eigenvalue weighted by atomic mass is 16.6. The van der Waals surface area contributed by atoms with Crippen LogP contribution >= 0.6 is 0 Å². The summed E-state index contributed by atoms with van der Waals surface area (Å²) in [6.07, 6.45) is 0. The van der Waals surface area contributed by atoms with Gasteiger partial charge in [0.2, 0.25) is 0 Å². The number of carbonyl (C=O) groups is 2. The zero-order chi connectivity index (χ0) is 20.4. The number of hydrogen-bond donors (Lipinski definition) is 1. The van der Waals surface area contributed by atoms with Crippen LogP contribution in [0.25, 0.3) is 22.3 Å². The van der Waals surface area contributed by atoms with E-state index in [1.54, 1.807) is 24.3 Å². The molecule has 0 aliphatic carbocycles. The molecule has 0 atom stereocenters. The van der Waals surface area contributed by atoms with Crippen molar-refractivity contribution in [1.29, 1.82) is 0 Å². The van der Waals surface area contributed by atoms with Gasteiger partial charge in [0.05, 0.1) is 16.0 Å². The maximum Gasteiger partial charge on any atom is 0.316 e. The SMILES string of the molecule is CC(=O)Oc1cc(-c2nc3ccccc3[nH]c2=O)cc([N+](=O)[O-])c1OC(C)=O. The average Bonchev–Trinajstić information content (AvgIpc) is 2.61. The van der Waals surface area contributed by atoms with Crippen molar-refractivity contribution in [2.45, 2.75) is 13.8 Å². The molecule has 10 heteroatoms. The molecule has 0 amide bonds. The third kappa shape index (κ3) is 3.70. The van der Waals surface area contributed by atoms with E-state index in [-0.39, 0.29) is 17.0 Å². The topological polar surface area (TPSA) is 141 Å². The molecule has 1 N–H and O–H groups in total. The molecule has 0 unspecified atom stereocenters. The number of nitrogens with one attached hydrogen (secondary N) is 1. The lowest BCUT2D eigenvalue weighted by atomic mass is 10.1. The van der Waals surface area contributed by atoms with E-state index in [1.165, 1.54) is 6.07 Å². The van der Waals surface area contributed by atoms with Gasteiger partial charge in [-0.25, -0.2) is 4.98 Å². The molecule has 10 nitrogen and oxygen atoms in total. The molecule has 3 rings (SSSR count). The van der Waals surface area contributed by atoms with Crippen LogP contribution in [-0.4, -0.2) is 26.8 Å². The summed E-state index contributed by atoms with van der Waals surface area (Å²) in [5, 5.41) is 11.5. The van der Waals surface area contributed by atoms with E-state index in [4.69, 9.17) is 9.47 Å². The molecule has 0 saturated heterocycles. The van der Waals surface area contributed by atoms with Gasteiger partial charge in [0.15, 0.2) is 5.75 Å². The van der Waals surface area contributed by atoms with Crippen molar-refractivity contribution in [1.82, 2.24) is 9.97 Å². The van der Waals surface area contributed by atoms with Crippen LogP contribution in [0.5, 0.6) is 11.5 Å². The number of nitro groups is 1. The van der Waals surface area contributed by atoms with Crippen LogP contribution in [0, 0.1) is 10.1 Å². The summed E-state index contributed by atoms with van der Waals surface area (Å²) in [5.41, 5.74) is -0.406. The van der Waals surface area contributed by atoms with Gasteiger partial charge in [-0.05, 0) is 18.2 Å². The molecule has 0 fully saturated rings. The highest BCUT2D eigenvalue weighted by Gasteiger charge is 2.26. The lowest BCUT2D eigenvalue weighted by molar-refractivity contribution is -0.385. The number of esters is 2. The molecule has 0 aliphatic heterocycles. The third-order valence-electron chi connectivity index (χ3n) is 3.60. The van der Waals surface area contributed by atoms with Gasteiger partial charge in [0, 0.05) is 25.5 Å². The van der Waals surface area contributed by atoms with Crippen LogP contribution in [0.4, 0.5) is 5.69 Å². The molecular formula is C18H13N3O7. The average molecular weight is 383 g/mol. The summed E-state index contributed by atoms with van der Waals surface area (Å²) in [5.74, 6) is -2.54. The zero-order valence-corrected chi connectivity index (χ0v) is 14.7. The van der Waals surface area contributed by atoms with Crippen molar-refractivity contribution in [3.05, 3.63) is 56.9 Å². The Labute approximate surface area is 156 Å². The maximum absolute atomic E-state index is 12.4. The minimum Gasteiger partial charge on any atom is -0.422 e. The standard InChI is InChI=1S/C18H13N3O7/c1-9(22)27-15-8-11(7-14(21(25)26)17(15)28-10(2)23)16-18(24)20-13-6-4-3-5-12(13)19-16/h3-8H,1-2H3,(H,20,24). The summed E-state index contributed by atoms with van der Waals surface area (Å²) < 4.78 is 9.83. The second kappa shape index (κ2) is 7.27. The molecule has 0 spiro atoms. The van der Waals surface area contributed by atoms with E-state index in [1.807, 2.05) is 0 Å². The Morgan fingerprint density at radius 3 is 2.43 bits per heavy atom. The van der Waals surface area contributed by atoms with Gasteiger partial charge >= 0.3 is 17.6 Å². The van der Waals surface area contributed by atoms with Crippen molar-refractivity contribution in [3.8, 4) is 22.8 Å². The van der Waals surface area contributed by atoms with E-state index < -0.39 is 33.9 Å². The number of aromatic nitrogens is 2. The first-order chi connectivity index (χ1) is 13.3. The number of fused-ring (bicyclic) bond motifs is 1. The van der Waals surface area contributed by atoms with Gasteiger partial charge in [-0.15, -0.1) is 0 Å². The van der Waals surface area contributed by atoms with Crippen LogP contribution in [0.2, 0.25) is 0 Å². The van der Waals surface area contributed by atoms with Crippen LogP contribution in [0.3, 0.4) is 0 Å². The second-order valence-electron chi connectivity index (χ2n) is 5.70. The quantitative estimate of drug-likeness (QED) is 0.313. The van der Waals surface area contributed by atoms with E-state index in [0.717, 1.165) is 19.9 Å². The van der Waals surface area contributed by atoms with Crippen molar-refractivity contribution in [2.24, 2.45) is 0 Å². The maximum atomic E-state index is 12.4. The third-order valence-corrected chi connectivity index (χ3v) is 3.60. The van der Waals surface area contributed by atoms with Crippen LogP contribution in [0.1, 0.15) is 13.8 Å². The highest BCUT2D eigenvalue weighted by Crippen LogP contribution is 2.41. The smallest absolute Gasteiger partial charge is 0.316 e. The Bertz CT molecular complexity index is 1180. The van der Waals surface area contributed by atoms with E-state index in [9.17, 15) is 24.5 Å². The van der Waals surface area contributed by atoms with E-state index >= 15 is 0 Å². The van der Waals surface area contributed by atoms with Crippen molar-refractivity contribution in [2.75, 3.05) is 0 Å². The molecule has 0 aliphatic rings. The molecule has 1 aromatic heterocycles. The zero-order valence-electron chi connectivity index (χ0n) is 14.7. The second-order valence-corrected chi connectivity index (χ2v) is 5.70. The van der Waals surface area contributed by atoms with Gasteiger partial charge in [-0.3, -0.25) is 24.5 Å². The lowest BCUT2D eigenvalue weighted by Gasteiger charge is -2.11. The number of para-hydroxylation sites is 2. The van der Waals surface area contributed by atoms with Gasteiger partial charge in [0.1, 0.15) is 5.69 Å². The molecule has 142 valence electrons. The van der Waals surface area contributed by atoms with Crippen LogP contribution in [-0.2, 0) is 9.59 Å². The summed E-state index contributed by atoms with van der Waals surface area (Å²) in [6, 6.07) is 8.95. The summed E-state index contributed by atoms with van der Waals surface area (Å²) >= 11 is 0. The Balaban J connectivity index is 2.29. The minimum atomic E-state index is -0.842. The fourth-order valence-electron chi connectivity index (χ4n) is 2.56. The molecule has 1 heterocycles. The molecule has 0 radical (unpaired) electrons. The first-order valence-corrected chi connectivity index (χ1v) is 7.95. The van der Waals surface area contributed by atoms with Gasteiger partial charge < -0.3 is 14.5 Å². The number of hydrogen-bond acceptors (Lipinski definition) is 8. The van der Waals surface area contributed by atoms with Gasteiger partial charge in [0.25, 0.3) is 11.3 Å². The number of nitro benzene ring substituents is 1. The van der Waals surface area contributed by atoms with Crippen LogP contribution in [0.15, 0.2) is 41.2 Å². The van der Waals surface area contributed by atoms with E-state index in [0.29, 0.717) is 11.0 Å². The van der Waals surface area contributed by atoms with E-state index in [2.05, 4.69) is 9.97 Å². The Morgan fingerprint density at radius 2 is 1.79 bits per heavy atom. The molecule has 0 bridgehead atoms. The monoisotopic (exact) mass is 383 g/mol. The minimum absolute atomic E-state index is 0.0193.